The van der Waals surface area contributed by atoms with Crippen LogP contribution in [-0.2, 0) is 23.9 Å². The molecule has 0 atom stereocenters. The van der Waals surface area contributed by atoms with Gasteiger partial charge in [-0.15, -0.1) is 0 Å². The van der Waals surface area contributed by atoms with E-state index in [9.17, 15) is 14.4 Å². The fourth-order valence-corrected chi connectivity index (χ4v) is 4.20. The maximum atomic E-state index is 11.4. The first-order valence-corrected chi connectivity index (χ1v) is 18.1. The van der Waals surface area contributed by atoms with Crippen LogP contribution in [-0.4, -0.2) is 31.4 Å². The van der Waals surface area contributed by atoms with Gasteiger partial charge in [-0.1, -0.05) is 151 Å². The lowest BCUT2D eigenvalue weighted by molar-refractivity contribution is -0.144. The third-order valence-electron chi connectivity index (χ3n) is 7.11. The third-order valence-corrected chi connectivity index (χ3v) is 7.11. The lowest BCUT2D eigenvalue weighted by Gasteiger charge is -2.06. The van der Waals surface area contributed by atoms with E-state index < -0.39 is 0 Å². The highest BCUT2D eigenvalue weighted by Gasteiger charge is 2.04. The molecule has 0 rings (SSSR count). The molecule has 5 nitrogen and oxygen atoms in total. The molecule has 0 aromatic heterocycles. The highest BCUT2D eigenvalue weighted by Crippen LogP contribution is 2.11. The summed E-state index contributed by atoms with van der Waals surface area (Å²) in [6.45, 7) is 14.3. The van der Waals surface area contributed by atoms with Crippen molar-refractivity contribution >= 4 is 18.2 Å². The van der Waals surface area contributed by atoms with Crippen LogP contribution in [0.15, 0.2) is 0 Å². The monoisotopic (exact) mass is 599 g/mol. The van der Waals surface area contributed by atoms with Crippen molar-refractivity contribution in [2.75, 3.05) is 13.2 Å². The van der Waals surface area contributed by atoms with Gasteiger partial charge in [0.15, 0.2) is 0 Å². The van der Waals surface area contributed by atoms with E-state index in [2.05, 4.69) is 41.5 Å². The molecule has 0 aliphatic rings. The van der Waals surface area contributed by atoms with Crippen molar-refractivity contribution in [2.24, 2.45) is 5.92 Å². The molecule has 0 aliphatic heterocycles. The Morgan fingerprint density at radius 3 is 1.26 bits per heavy atom. The van der Waals surface area contributed by atoms with E-state index in [1.165, 1.54) is 109 Å². The van der Waals surface area contributed by atoms with E-state index in [1.807, 2.05) is 0 Å². The Balaban J connectivity index is -0.000000597. The summed E-state index contributed by atoms with van der Waals surface area (Å²) in [6.07, 6.45) is 29.6. The van der Waals surface area contributed by atoms with Crippen molar-refractivity contribution in [2.45, 2.75) is 202 Å². The van der Waals surface area contributed by atoms with Gasteiger partial charge in [-0.05, 0) is 38.0 Å². The molecular weight excluding hydrogens is 524 g/mol. The van der Waals surface area contributed by atoms with Gasteiger partial charge in [-0.25, -0.2) is 0 Å². The zero-order valence-electron chi connectivity index (χ0n) is 29.3. The second-order valence-corrected chi connectivity index (χ2v) is 12.1. The van der Waals surface area contributed by atoms with Gasteiger partial charge >= 0.3 is 11.9 Å². The van der Waals surface area contributed by atoms with Crippen molar-refractivity contribution in [1.29, 1.82) is 0 Å². The maximum Gasteiger partial charge on any atom is 0.305 e. The number of carbonyl (C=O) groups is 3. The maximum absolute atomic E-state index is 11.4. The Morgan fingerprint density at radius 1 is 0.500 bits per heavy atom. The zero-order chi connectivity index (χ0) is 31.9. The van der Waals surface area contributed by atoms with E-state index >= 15 is 0 Å². The second-order valence-electron chi connectivity index (χ2n) is 12.1. The predicted octanol–water partition coefficient (Wildman–Crippen LogP) is 11.7. The molecule has 0 saturated carbocycles. The highest BCUT2D eigenvalue weighted by molar-refractivity contribution is 5.69. The number of aldehydes is 1. The Morgan fingerprint density at radius 2 is 0.857 bits per heavy atom. The fraction of sp³-hybridized carbons (Fsp3) is 0.919. The van der Waals surface area contributed by atoms with Crippen LogP contribution in [0.25, 0.3) is 0 Å². The van der Waals surface area contributed by atoms with Crippen molar-refractivity contribution in [3.63, 3.8) is 0 Å². The Labute approximate surface area is 263 Å². The van der Waals surface area contributed by atoms with Crippen LogP contribution in [0.4, 0.5) is 0 Å². The molecule has 5 heteroatoms. The summed E-state index contributed by atoms with van der Waals surface area (Å²) in [5, 5.41) is 0. The van der Waals surface area contributed by atoms with E-state index in [0.29, 0.717) is 32.0 Å². The minimum Gasteiger partial charge on any atom is -0.466 e. The smallest absolute Gasteiger partial charge is 0.305 e. The standard InChI is InChI=1S/C17H34O2.C14H28O2.C6H12O/c1-4-5-6-7-8-9-10-11-12-13-17(18)19-15-14-16(2)3;1-3-5-7-9-10-12-14(15)16-13-11-8-6-4-2;1-2-3-4-5-6-7/h16H,4-15H2,1-3H3;3-13H2,1-2H3;6H,2-5H2,1H3. The molecule has 0 N–H and O–H groups in total. The number of hydrogen-bond acceptors (Lipinski definition) is 5. The van der Waals surface area contributed by atoms with Crippen molar-refractivity contribution in [3.8, 4) is 0 Å². The average Bonchev–Trinajstić information content (AvgIpc) is 2.97. The average molecular weight is 599 g/mol. The zero-order valence-corrected chi connectivity index (χ0v) is 29.3. The largest absolute Gasteiger partial charge is 0.466 e. The molecule has 0 spiro atoms. The molecular formula is C37H74O5. The van der Waals surface area contributed by atoms with Crippen molar-refractivity contribution in [1.82, 2.24) is 0 Å². The molecule has 0 bridgehead atoms. The van der Waals surface area contributed by atoms with Crippen LogP contribution in [0.1, 0.15) is 202 Å². The molecule has 0 aromatic carbocycles. The molecule has 0 aromatic rings. The van der Waals surface area contributed by atoms with Crippen LogP contribution in [0, 0.1) is 5.92 Å². The number of ether oxygens (including phenoxy) is 2. The molecule has 0 unspecified atom stereocenters. The fourth-order valence-electron chi connectivity index (χ4n) is 4.20. The number of unbranched alkanes of at least 4 members (excludes halogenated alkanes) is 18. The van der Waals surface area contributed by atoms with Gasteiger partial charge in [0.05, 0.1) is 13.2 Å². The van der Waals surface area contributed by atoms with Gasteiger partial charge in [0.25, 0.3) is 0 Å². The molecule has 0 radical (unpaired) electrons. The summed E-state index contributed by atoms with van der Waals surface area (Å²) in [4.78, 5) is 32.4. The van der Waals surface area contributed by atoms with Crippen LogP contribution >= 0.6 is 0 Å². The minimum absolute atomic E-state index is 0.00648. The second kappa shape index (κ2) is 41.7. The van der Waals surface area contributed by atoms with Crippen LogP contribution < -0.4 is 0 Å². The summed E-state index contributed by atoms with van der Waals surface area (Å²) in [6, 6.07) is 0. The normalized spacial score (nSPS) is 10.4. The van der Waals surface area contributed by atoms with Crippen LogP contribution in [0.5, 0.6) is 0 Å². The SMILES string of the molecule is CCCCCC=O.CCCCCCCC(=O)OCCCCCC.CCCCCCCCCCCC(=O)OCCC(C)C. The number of esters is 2. The van der Waals surface area contributed by atoms with Gasteiger partial charge in [-0.3, -0.25) is 9.59 Å². The van der Waals surface area contributed by atoms with Gasteiger partial charge in [0.2, 0.25) is 0 Å². The molecule has 0 aliphatic carbocycles. The number of carbonyl (C=O) groups excluding carboxylic acids is 3. The van der Waals surface area contributed by atoms with E-state index in [4.69, 9.17) is 9.47 Å². The summed E-state index contributed by atoms with van der Waals surface area (Å²) < 4.78 is 10.3. The van der Waals surface area contributed by atoms with Gasteiger partial charge in [-0.2, -0.15) is 0 Å². The van der Waals surface area contributed by atoms with Crippen LogP contribution in [0.3, 0.4) is 0 Å². The first kappa shape index (κ1) is 45.0. The van der Waals surface area contributed by atoms with Gasteiger partial charge in [0.1, 0.15) is 6.29 Å². The lowest BCUT2D eigenvalue weighted by atomic mass is 10.1. The van der Waals surface area contributed by atoms with Gasteiger partial charge < -0.3 is 14.3 Å². The molecule has 0 fully saturated rings. The lowest BCUT2D eigenvalue weighted by Crippen LogP contribution is -2.07. The summed E-state index contributed by atoms with van der Waals surface area (Å²) >= 11 is 0. The first-order chi connectivity index (χ1) is 20.4. The minimum atomic E-state index is -0.0106. The Kier molecular flexibility index (Phi) is 44.8. The predicted molar refractivity (Wildman–Crippen MR) is 181 cm³/mol. The molecule has 0 saturated heterocycles. The number of rotatable bonds is 28. The molecule has 252 valence electrons. The van der Waals surface area contributed by atoms with E-state index in [-0.39, 0.29) is 11.9 Å². The van der Waals surface area contributed by atoms with E-state index in [1.54, 1.807) is 0 Å². The summed E-state index contributed by atoms with van der Waals surface area (Å²) in [5.41, 5.74) is 0. The molecule has 0 heterocycles. The summed E-state index contributed by atoms with van der Waals surface area (Å²) in [5.74, 6) is 0.595. The van der Waals surface area contributed by atoms with Crippen molar-refractivity contribution in [3.05, 3.63) is 0 Å². The quantitative estimate of drug-likeness (QED) is 0.0509. The highest BCUT2D eigenvalue weighted by atomic mass is 16.5. The Hall–Kier alpha value is -1.39. The molecule has 0 amide bonds. The number of hydrogen-bond donors (Lipinski definition) is 0. The van der Waals surface area contributed by atoms with Crippen molar-refractivity contribution < 1.29 is 23.9 Å². The molecule has 42 heavy (non-hydrogen) atoms. The summed E-state index contributed by atoms with van der Waals surface area (Å²) in [7, 11) is 0. The van der Waals surface area contributed by atoms with Gasteiger partial charge in [0, 0.05) is 19.3 Å². The first-order valence-electron chi connectivity index (χ1n) is 18.1. The topological polar surface area (TPSA) is 69.7 Å². The Bertz CT molecular complexity index is 516. The third kappa shape index (κ3) is 48.3. The van der Waals surface area contributed by atoms with E-state index in [0.717, 1.165) is 44.8 Å². The van der Waals surface area contributed by atoms with Crippen LogP contribution in [0.2, 0.25) is 0 Å².